The number of hydrogen-bond acceptors (Lipinski definition) is 4. The van der Waals surface area contributed by atoms with Crippen LogP contribution in [0.2, 0.25) is 0 Å². The van der Waals surface area contributed by atoms with E-state index >= 15 is 0 Å². The number of rotatable bonds is 5. The Morgan fingerprint density at radius 3 is 3.11 bits per heavy atom. The summed E-state index contributed by atoms with van der Waals surface area (Å²) in [6, 6.07) is 0.0536. The molecule has 106 valence electrons. The van der Waals surface area contributed by atoms with Crippen LogP contribution in [0.1, 0.15) is 31.4 Å². The highest BCUT2D eigenvalue weighted by Crippen LogP contribution is 2.29. The lowest BCUT2D eigenvalue weighted by molar-refractivity contribution is -0.121. The molecule has 1 fully saturated rings. The minimum atomic E-state index is -0.0722. The Morgan fingerprint density at radius 2 is 2.53 bits per heavy atom. The number of hydrogen-bond donors (Lipinski definition) is 1. The highest BCUT2D eigenvalue weighted by molar-refractivity contribution is 7.99. The summed E-state index contributed by atoms with van der Waals surface area (Å²) >= 11 is 1.59. The molecule has 1 aromatic rings. The Morgan fingerprint density at radius 1 is 1.74 bits per heavy atom. The molecule has 0 saturated carbocycles. The van der Waals surface area contributed by atoms with Crippen LogP contribution in [0.3, 0.4) is 0 Å². The number of aryl methyl sites for hydroxylation is 1. The zero-order chi connectivity index (χ0) is 13.8. The summed E-state index contributed by atoms with van der Waals surface area (Å²) < 4.78 is 7.49. The van der Waals surface area contributed by atoms with Crippen LogP contribution in [0.5, 0.6) is 0 Å². The summed E-state index contributed by atoms with van der Waals surface area (Å²) in [4.78, 5) is 12.1. The van der Waals surface area contributed by atoms with E-state index in [2.05, 4.69) is 10.4 Å². The molecule has 0 bridgehead atoms. The van der Waals surface area contributed by atoms with Crippen molar-refractivity contribution in [1.82, 2.24) is 15.1 Å². The van der Waals surface area contributed by atoms with Gasteiger partial charge in [-0.3, -0.25) is 9.48 Å². The van der Waals surface area contributed by atoms with Gasteiger partial charge in [0.05, 0.1) is 17.5 Å². The molecular formula is C13H21N3O2S. The molecule has 6 heteroatoms. The highest BCUT2D eigenvalue weighted by atomic mass is 32.2. The Bertz CT molecular complexity index is 431. The first-order valence-corrected chi connectivity index (χ1v) is 7.87. The van der Waals surface area contributed by atoms with Crippen molar-refractivity contribution in [2.75, 3.05) is 12.9 Å². The molecule has 5 nitrogen and oxygen atoms in total. The second-order valence-corrected chi connectivity index (χ2v) is 5.82. The molecule has 0 radical (unpaired) electrons. The predicted molar refractivity (Wildman–Crippen MR) is 76.0 cm³/mol. The smallest absolute Gasteiger partial charge is 0.233 e. The number of carbonyl (C=O) groups is 1. The third-order valence-corrected chi connectivity index (χ3v) is 4.54. The second kappa shape index (κ2) is 6.43. The number of carbonyl (C=O) groups excluding carboxylic acids is 1. The quantitative estimate of drug-likeness (QED) is 0.890. The van der Waals surface area contributed by atoms with E-state index in [0.717, 1.165) is 18.4 Å². The Hall–Kier alpha value is -1.01. The molecule has 0 aromatic carbocycles. The molecule has 1 N–H and O–H groups in total. The van der Waals surface area contributed by atoms with Crippen LogP contribution in [-0.4, -0.2) is 39.8 Å². The van der Waals surface area contributed by atoms with Gasteiger partial charge in [0.15, 0.2) is 0 Å². The maximum atomic E-state index is 12.1. The van der Waals surface area contributed by atoms with Crippen molar-refractivity contribution in [2.45, 2.75) is 37.2 Å². The first-order valence-electron chi connectivity index (χ1n) is 6.59. The fraction of sp³-hybridized carbons (Fsp3) is 0.692. The van der Waals surface area contributed by atoms with Gasteiger partial charge in [-0.25, -0.2) is 0 Å². The van der Waals surface area contributed by atoms with E-state index in [0.29, 0.717) is 6.61 Å². The van der Waals surface area contributed by atoms with Gasteiger partial charge < -0.3 is 10.1 Å². The van der Waals surface area contributed by atoms with Crippen LogP contribution in [-0.2, 0) is 16.6 Å². The summed E-state index contributed by atoms with van der Waals surface area (Å²) in [7, 11) is 1.88. The molecule has 1 aromatic heterocycles. The summed E-state index contributed by atoms with van der Waals surface area (Å²) in [5.41, 5.74) is 1.03. The van der Waals surface area contributed by atoms with Gasteiger partial charge in [-0.05, 0) is 19.1 Å². The summed E-state index contributed by atoms with van der Waals surface area (Å²) in [5, 5.41) is 7.30. The molecule has 2 heterocycles. The fourth-order valence-corrected chi connectivity index (χ4v) is 3.00. The number of ether oxygens (including phenoxy) is 1. The van der Waals surface area contributed by atoms with Crippen LogP contribution in [0, 0.1) is 0 Å². The van der Waals surface area contributed by atoms with Crippen molar-refractivity contribution >= 4 is 17.7 Å². The molecule has 2 rings (SSSR count). The van der Waals surface area contributed by atoms with Gasteiger partial charge in [-0.2, -0.15) is 16.9 Å². The first kappa shape index (κ1) is 14.4. The molecule has 19 heavy (non-hydrogen) atoms. The van der Waals surface area contributed by atoms with Crippen LogP contribution < -0.4 is 5.32 Å². The topological polar surface area (TPSA) is 56.1 Å². The number of aromatic nitrogens is 2. The molecule has 1 unspecified atom stereocenters. The normalized spacial score (nSPS) is 24.4. The van der Waals surface area contributed by atoms with E-state index in [1.54, 1.807) is 22.6 Å². The fourth-order valence-electron chi connectivity index (χ4n) is 2.39. The van der Waals surface area contributed by atoms with Gasteiger partial charge >= 0.3 is 0 Å². The lowest BCUT2D eigenvalue weighted by Gasteiger charge is -2.21. The van der Waals surface area contributed by atoms with Crippen molar-refractivity contribution in [2.24, 2.45) is 7.05 Å². The third kappa shape index (κ3) is 3.30. The van der Waals surface area contributed by atoms with E-state index in [1.165, 1.54) is 0 Å². The molecule has 0 aliphatic carbocycles. The van der Waals surface area contributed by atoms with E-state index in [-0.39, 0.29) is 23.3 Å². The SMILES string of the molecule is CCC(SC)C(=O)N[C@H]1CCO[C@@H]1c1cnn(C)c1. The predicted octanol–water partition coefficient (Wildman–Crippen LogP) is 1.51. The summed E-state index contributed by atoms with van der Waals surface area (Å²) in [6.45, 7) is 2.71. The largest absolute Gasteiger partial charge is 0.371 e. The van der Waals surface area contributed by atoms with Crippen LogP contribution >= 0.6 is 11.8 Å². The first-order chi connectivity index (χ1) is 9.15. The molecule has 1 saturated heterocycles. The number of thioether (sulfide) groups is 1. The Kier molecular flexibility index (Phi) is 4.87. The van der Waals surface area contributed by atoms with Crippen molar-refractivity contribution < 1.29 is 9.53 Å². The zero-order valence-corrected chi connectivity index (χ0v) is 12.4. The van der Waals surface area contributed by atoms with Crippen LogP contribution in [0.4, 0.5) is 0 Å². The standard InChI is InChI=1S/C13H21N3O2S/c1-4-11(19-3)13(17)15-10-5-6-18-12(10)9-7-14-16(2)8-9/h7-8,10-12H,4-6H2,1-3H3,(H,15,17)/t10-,11?,12+/m0/s1. The lowest BCUT2D eigenvalue weighted by atomic mass is 10.1. The highest BCUT2D eigenvalue weighted by Gasteiger charge is 2.32. The molecule has 1 amide bonds. The van der Waals surface area contributed by atoms with Gasteiger partial charge in [-0.1, -0.05) is 6.92 Å². The van der Waals surface area contributed by atoms with Gasteiger partial charge in [0.2, 0.25) is 5.91 Å². The molecule has 1 aliphatic rings. The van der Waals surface area contributed by atoms with Gasteiger partial charge in [0.25, 0.3) is 0 Å². The number of nitrogens with zero attached hydrogens (tertiary/aromatic N) is 2. The van der Waals surface area contributed by atoms with Crippen molar-refractivity contribution in [3.8, 4) is 0 Å². The molecule has 0 spiro atoms. The van der Waals surface area contributed by atoms with Crippen molar-refractivity contribution in [3.63, 3.8) is 0 Å². The average molecular weight is 283 g/mol. The molecule has 3 atom stereocenters. The maximum absolute atomic E-state index is 12.1. The monoisotopic (exact) mass is 283 g/mol. The van der Waals surface area contributed by atoms with Crippen LogP contribution in [0.25, 0.3) is 0 Å². The number of amides is 1. The van der Waals surface area contributed by atoms with E-state index in [9.17, 15) is 4.79 Å². The second-order valence-electron chi connectivity index (χ2n) is 4.78. The zero-order valence-electron chi connectivity index (χ0n) is 11.6. The van der Waals surface area contributed by atoms with Gasteiger partial charge in [0, 0.05) is 25.4 Å². The summed E-state index contributed by atoms with van der Waals surface area (Å²) in [5.74, 6) is 0.111. The van der Waals surface area contributed by atoms with Gasteiger partial charge in [0.1, 0.15) is 6.10 Å². The van der Waals surface area contributed by atoms with E-state index in [4.69, 9.17) is 4.74 Å². The minimum absolute atomic E-state index is 0.0233. The van der Waals surface area contributed by atoms with Gasteiger partial charge in [-0.15, -0.1) is 0 Å². The Balaban J connectivity index is 2.01. The third-order valence-electron chi connectivity index (χ3n) is 3.42. The average Bonchev–Trinajstić information content (AvgIpc) is 2.99. The van der Waals surface area contributed by atoms with Crippen LogP contribution in [0.15, 0.2) is 12.4 Å². The van der Waals surface area contributed by atoms with Crippen molar-refractivity contribution in [1.29, 1.82) is 0 Å². The molecular weight excluding hydrogens is 262 g/mol. The maximum Gasteiger partial charge on any atom is 0.233 e. The Labute approximate surface area is 118 Å². The van der Waals surface area contributed by atoms with E-state index < -0.39 is 0 Å². The summed E-state index contributed by atoms with van der Waals surface area (Å²) in [6.07, 6.45) is 7.35. The van der Waals surface area contributed by atoms with Crippen molar-refractivity contribution in [3.05, 3.63) is 18.0 Å². The number of nitrogens with one attached hydrogen (secondary N) is 1. The minimum Gasteiger partial charge on any atom is -0.371 e. The lowest BCUT2D eigenvalue weighted by Crippen LogP contribution is -2.41. The van der Waals surface area contributed by atoms with E-state index in [1.807, 2.05) is 26.4 Å². The molecule has 1 aliphatic heterocycles.